The highest BCUT2D eigenvalue weighted by Crippen LogP contribution is 2.29. The monoisotopic (exact) mass is 307 g/mol. The summed E-state index contributed by atoms with van der Waals surface area (Å²) in [6, 6.07) is 11.6. The molecule has 0 aliphatic heterocycles. The Morgan fingerprint density at radius 2 is 1.76 bits per heavy atom. The number of anilines is 1. The van der Waals surface area contributed by atoms with Crippen molar-refractivity contribution in [3.05, 3.63) is 48.0 Å². The summed E-state index contributed by atoms with van der Waals surface area (Å²) in [5, 5.41) is 0. The van der Waals surface area contributed by atoms with Crippen molar-refractivity contribution in [2.24, 2.45) is 0 Å². The lowest BCUT2D eigenvalue weighted by Gasteiger charge is -2.11. The van der Waals surface area contributed by atoms with Crippen molar-refractivity contribution in [3.8, 4) is 11.5 Å². The van der Waals surface area contributed by atoms with Crippen LogP contribution in [0, 0.1) is 0 Å². The molecule has 0 aliphatic rings. The van der Waals surface area contributed by atoms with Crippen molar-refractivity contribution >= 4 is 15.5 Å². The van der Waals surface area contributed by atoms with Crippen LogP contribution < -0.4 is 15.2 Å². The Balaban J connectivity index is 2.43. The molecule has 2 aromatic carbocycles. The number of hydrogen-bond donors (Lipinski definition) is 1. The fourth-order valence-corrected chi connectivity index (χ4v) is 3.54. The van der Waals surface area contributed by atoms with Gasteiger partial charge in [-0.25, -0.2) is 8.42 Å². The van der Waals surface area contributed by atoms with Crippen molar-refractivity contribution < 1.29 is 17.9 Å². The molecule has 0 aromatic heterocycles. The summed E-state index contributed by atoms with van der Waals surface area (Å²) in [5.74, 6) is 0.791. The fourth-order valence-electron chi connectivity index (χ4n) is 2.02. The van der Waals surface area contributed by atoms with Crippen LogP contribution in [-0.2, 0) is 15.6 Å². The van der Waals surface area contributed by atoms with Crippen molar-refractivity contribution in [1.82, 2.24) is 0 Å². The first kappa shape index (κ1) is 15.2. The second-order valence-electron chi connectivity index (χ2n) is 4.47. The van der Waals surface area contributed by atoms with E-state index in [-0.39, 0.29) is 16.3 Å². The summed E-state index contributed by atoms with van der Waals surface area (Å²) < 4.78 is 35.4. The van der Waals surface area contributed by atoms with E-state index in [9.17, 15) is 8.42 Å². The normalized spacial score (nSPS) is 11.1. The first-order chi connectivity index (χ1) is 9.97. The number of nitrogen functional groups attached to an aromatic ring is 1. The zero-order chi connectivity index (χ0) is 15.5. The van der Waals surface area contributed by atoms with E-state index >= 15 is 0 Å². The molecule has 2 aromatic rings. The molecule has 0 spiro atoms. The van der Waals surface area contributed by atoms with Gasteiger partial charge in [0.1, 0.15) is 11.5 Å². The number of sulfone groups is 1. The first-order valence-electron chi connectivity index (χ1n) is 6.26. The molecule has 2 N–H and O–H groups in total. The number of ether oxygens (including phenoxy) is 2. The van der Waals surface area contributed by atoms with Crippen LogP contribution in [0.15, 0.2) is 47.4 Å². The van der Waals surface area contributed by atoms with Gasteiger partial charge in [0.2, 0.25) is 0 Å². The zero-order valence-corrected chi connectivity index (χ0v) is 12.7. The molecule has 0 fully saturated rings. The minimum absolute atomic E-state index is 0.0627. The van der Waals surface area contributed by atoms with E-state index in [1.165, 1.54) is 26.4 Å². The smallest absolute Gasteiger partial charge is 0.184 e. The predicted molar refractivity (Wildman–Crippen MR) is 81.3 cm³/mol. The minimum Gasteiger partial charge on any atom is -0.497 e. The number of hydrogen-bond acceptors (Lipinski definition) is 5. The summed E-state index contributed by atoms with van der Waals surface area (Å²) in [6.45, 7) is 0. The van der Waals surface area contributed by atoms with Gasteiger partial charge in [-0.15, -0.1) is 0 Å². The van der Waals surface area contributed by atoms with E-state index in [4.69, 9.17) is 15.2 Å². The van der Waals surface area contributed by atoms with Crippen molar-refractivity contribution in [2.75, 3.05) is 20.0 Å². The lowest BCUT2D eigenvalue weighted by Crippen LogP contribution is -2.09. The number of rotatable bonds is 5. The van der Waals surface area contributed by atoms with E-state index in [1.807, 2.05) is 0 Å². The summed E-state index contributed by atoms with van der Waals surface area (Å²) in [4.78, 5) is 0.0627. The molecule has 0 aliphatic carbocycles. The Morgan fingerprint density at radius 3 is 2.43 bits per heavy atom. The van der Waals surface area contributed by atoms with Crippen LogP contribution in [0.25, 0.3) is 0 Å². The van der Waals surface area contributed by atoms with E-state index in [0.29, 0.717) is 17.1 Å². The van der Waals surface area contributed by atoms with Gasteiger partial charge >= 0.3 is 0 Å². The molecule has 0 saturated heterocycles. The number of benzene rings is 2. The standard InChI is InChI=1S/C15H17NO4S/c1-19-12-7-8-13(16)15(9-12)21(17,18)10-11-5-3-4-6-14(11)20-2/h3-9H,10,16H2,1-2H3. The van der Waals surface area contributed by atoms with Gasteiger partial charge in [-0.3, -0.25) is 0 Å². The van der Waals surface area contributed by atoms with Gasteiger partial charge < -0.3 is 15.2 Å². The maximum Gasteiger partial charge on any atom is 0.184 e. The van der Waals surface area contributed by atoms with E-state index < -0.39 is 9.84 Å². The average Bonchev–Trinajstić information content (AvgIpc) is 2.47. The molecule has 0 radical (unpaired) electrons. The second kappa shape index (κ2) is 6.05. The van der Waals surface area contributed by atoms with E-state index in [1.54, 1.807) is 30.3 Å². The Hall–Kier alpha value is -2.21. The molecule has 5 nitrogen and oxygen atoms in total. The lowest BCUT2D eigenvalue weighted by molar-refractivity contribution is 0.411. The van der Waals surface area contributed by atoms with Crippen LogP contribution in [0.1, 0.15) is 5.56 Å². The molecule has 0 amide bonds. The van der Waals surface area contributed by atoms with Crippen LogP contribution >= 0.6 is 0 Å². The van der Waals surface area contributed by atoms with Crippen LogP contribution in [-0.4, -0.2) is 22.6 Å². The number of para-hydroxylation sites is 1. The maximum absolute atomic E-state index is 12.6. The average molecular weight is 307 g/mol. The highest BCUT2D eigenvalue weighted by atomic mass is 32.2. The quantitative estimate of drug-likeness (QED) is 0.857. The molecular formula is C15H17NO4S. The molecule has 112 valence electrons. The van der Waals surface area contributed by atoms with E-state index in [2.05, 4.69) is 0 Å². The van der Waals surface area contributed by atoms with Gasteiger partial charge in [0, 0.05) is 11.6 Å². The predicted octanol–water partition coefficient (Wildman–Crippen LogP) is 2.26. The Kier molecular flexibility index (Phi) is 4.37. The second-order valence-corrected chi connectivity index (χ2v) is 6.43. The highest BCUT2D eigenvalue weighted by molar-refractivity contribution is 7.90. The summed E-state index contributed by atoms with van der Waals surface area (Å²) >= 11 is 0. The Morgan fingerprint density at radius 1 is 1.05 bits per heavy atom. The molecule has 0 saturated carbocycles. The summed E-state index contributed by atoms with van der Waals surface area (Å²) in [7, 11) is -0.615. The van der Waals surface area contributed by atoms with Gasteiger partial charge in [-0.1, -0.05) is 18.2 Å². The third-order valence-corrected chi connectivity index (χ3v) is 4.81. The van der Waals surface area contributed by atoms with Crippen LogP contribution in [0.3, 0.4) is 0 Å². The molecule has 2 rings (SSSR count). The van der Waals surface area contributed by atoms with Crippen LogP contribution in [0.4, 0.5) is 5.69 Å². The molecule has 21 heavy (non-hydrogen) atoms. The molecular weight excluding hydrogens is 290 g/mol. The first-order valence-corrected chi connectivity index (χ1v) is 7.91. The van der Waals surface area contributed by atoms with Gasteiger partial charge in [-0.05, 0) is 18.2 Å². The number of methoxy groups -OCH3 is 2. The fraction of sp³-hybridized carbons (Fsp3) is 0.200. The topological polar surface area (TPSA) is 78.6 Å². The van der Waals surface area contributed by atoms with Crippen molar-refractivity contribution in [3.63, 3.8) is 0 Å². The van der Waals surface area contributed by atoms with E-state index in [0.717, 1.165) is 0 Å². The number of nitrogens with two attached hydrogens (primary N) is 1. The molecule has 0 heterocycles. The Bertz CT molecular complexity index is 741. The third-order valence-electron chi connectivity index (χ3n) is 3.09. The third kappa shape index (κ3) is 3.28. The van der Waals surface area contributed by atoms with Crippen molar-refractivity contribution in [2.45, 2.75) is 10.6 Å². The van der Waals surface area contributed by atoms with Crippen molar-refractivity contribution in [1.29, 1.82) is 0 Å². The molecule has 0 atom stereocenters. The molecule has 6 heteroatoms. The van der Waals surface area contributed by atoms with Gasteiger partial charge in [-0.2, -0.15) is 0 Å². The van der Waals surface area contributed by atoms with Gasteiger partial charge in [0.15, 0.2) is 9.84 Å². The molecule has 0 unspecified atom stereocenters. The van der Waals surface area contributed by atoms with Crippen LogP contribution in [0.5, 0.6) is 11.5 Å². The van der Waals surface area contributed by atoms with Crippen LogP contribution in [0.2, 0.25) is 0 Å². The SMILES string of the molecule is COc1ccc(N)c(S(=O)(=O)Cc2ccccc2OC)c1. The Labute approximate surface area is 124 Å². The lowest BCUT2D eigenvalue weighted by atomic mass is 10.2. The minimum atomic E-state index is -3.59. The zero-order valence-electron chi connectivity index (χ0n) is 11.9. The maximum atomic E-state index is 12.6. The van der Waals surface area contributed by atoms with Gasteiger partial charge in [0.05, 0.1) is 30.6 Å². The van der Waals surface area contributed by atoms with Gasteiger partial charge in [0.25, 0.3) is 0 Å². The summed E-state index contributed by atoms with van der Waals surface area (Å²) in [5.41, 5.74) is 6.57. The highest BCUT2D eigenvalue weighted by Gasteiger charge is 2.21. The molecule has 0 bridgehead atoms. The largest absolute Gasteiger partial charge is 0.497 e. The summed E-state index contributed by atoms with van der Waals surface area (Å²) in [6.07, 6.45) is 0.